The molecule has 0 aromatic heterocycles. The minimum atomic E-state index is 0.0897. The lowest BCUT2D eigenvalue weighted by molar-refractivity contribution is -0.0386. The Balaban J connectivity index is 2.19. The molecule has 20 heavy (non-hydrogen) atoms. The predicted molar refractivity (Wildman–Crippen MR) is 81.1 cm³/mol. The highest BCUT2D eigenvalue weighted by Crippen LogP contribution is 2.21. The Hall–Kier alpha value is -1.55. The molecule has 1 heterocycles. The number of anilines is 1. The van der Waals surface area contributed by atoms with Crippen molar-refractivity contribution in [1.29, 1.82) is 0 Å². The van der Waals surface area contributed by atoms with Crippen LogP contribution in [0.3, 0.4) is 0 Å². The maximum Gasteiger partial charge on any atom is 0.256 e. The van der Waals surface area contributed by atoms with Gasteiger partial charge in [0.1, 0.15) is 0 Å². The van der Waals surface area contributed by atoms with E-state index in [0.29, 0.717) is 13.2 Å². The molecule has 1 aliphatic heterocycles. The highest BCUT2D eigenvalue weighted by Gasteiger charge is 2.29. The van der Waals surface area contributed by atoms with Gasteiger partial charge in [-0.2, -0.15) is 0 Å². The Kier molecular flexibility index (Phi) is 5.01. The number of amides is 1. The lowest BCUT2D eigenvalue weighted by Crippen LogP contribution is -2.50. The van der Waals surface area contributed by atoms with Gasteiger partial charge in [0.05, 0.1) is 24.3 Å². The Morgan fingerprint density at radius 3 is 2.90 bits per heavy atom. The zero-order valence-corrected chi connectivity index (χ0v) is 12.6. The van der Waals surface area contributed by atoms with Crippen LogP contribution in [0, 0.1) is 0 Å². The number of para-hydroxylation sites is 1. The van der Waals surface area contributed by atoms with Crippen LogP contribution in [0.2, 0.25) is 0 Å². The Labute approximate surface area is 121 Å². The standard InChI is InChI=1S/C16H24N2O2/c1-4-9-17-15-8-6-5-7-14(15)16(19)18-10-13(3)20-11-12(18)2/h5-8,12-13,17H,4,9-11H2,1-3H3. The molecule has 110 valence electrons. The van der Waals surface area contributed by atoms with Gasteiger partial charge in [0, 0.05) is 18.8 Å². The highest BCUT2D eigenvalue weighted by atomic mass is 16.5. The lowest BCUT2D eigenvalue weighted by atomic mass is 10.1. The van der Waals surface area contributed by atoms with E-state index in [4.69, 9.17) is 4.74 Å². The molecule has 0 spiro atoms. The van der Waals surface area contributed by atoms with Crippen molar-refractivity contribution in [2.24, 2.45) is 0 Å². The van der Waals surface area contributed by atoms with Crippen molar-refractivity contribution < 1.29 is 9.53 Å². The summed E-state index contributed by atoms with van der Waals surface area (Å²) in [6.45, 7) is 8.29. The van der Waals surface area contributed by atoms with Gasteiger partial charge < -0.3 is 15.0 Å². The summed E-state index contributed by atoms with van der Waals surface area (Å²) in [6.07, 6.45) is 1.14. The van der Waals surface area contributed by atoms with E-state index < -0.39 is 0 Å². The Morgan fingerprint density at radius 2 is 2.15 bits per heavy atom. The second-order valence-corrected chi connectivity index (χ2v) is 5.42. The number of hydrogen-bond acceptors (Lipinski definition) is 3. The fourth-order valence-electron chi connectivity index (χ4n) is 2.42. The van der Waals surface area contributed by atoms with Gasteiger partial charge in [-0.05, 0) is 32.4 Å². The molecule has 0 radical (unpaired) electrons. The van der Waals surface area contributed by atoms with Gasteiger partial charge in [0.25, 0.3) is 5.91 Å². The summed E-state index contributed by atoms with van der Waals surface area (Å²) in [6, 6.07) is 7.86. The smallest absolute Gasteiger partial charge is 0.256 e. The first kappa shape index (κ1) is 14.9. The topological polar surface area (TPSA) is 41.6 Å². The summed E-state index contributed by atoms with van der Waals surface area (Å²) in [5.41, 5.74) is 1.67. The van der Waals surface area contributed by atoms with E-state index in [1.165, 1.54) is 0 Å². The molecule has 4 heteroatoms. The van der Waals surface area contributed by atoms with Crippen LogP contribution in [-0.4, -0.2) is 42.6 Å². The second kappa shape index (κ2) is 6.75. The predicted octanol–water partition coefficient (Wildman–Crippen LogP) is 2.76. The minimum absolute atomic E-state index is 0.0897. The third-order valence-corrected chi connectivity index (χ3v) is 3.59. The molecule has 1 aromatic rings. The van der Waals surface area contributed by atoms with E-state index >= 15 is 0 Å². The normalized spacial score (nSPS) is 22.6. The molecule has 1 aliphatic rings. The number of hydrogen-bond donors (Lipinski definition) is 1. The molecule has 1 saturated heterocycles. The molecule has 1 amide bonds. The van der Waals surface area contributed by atoms with Gasteiger partial charge in [0.2, 0.25) is 0 Å². The van der Waals surface area contributed by atoms with Crippen LogP contribution >= 0.6 is 0 Å². The average molecular weight is 276 g/mol. The molecule has 1 fully saturated rings. The maximum absolute atomic E-state index is 12.8. The second-order valence-electron chi connectivity index (χ2n) is 5.42. The maximum atomic E-state index is 12.8. The summed E-state index contributed by atoms with van der Waals surface area (Å²) in [5.74, 6) is 0.0897. The number of carbonyl (C=O) groups excluding carboxylic acids is 1. The van der Waals surface area contributed by atoms with Crippen LogP contribution in [-0.2, 0) is 4.74 Å². The summed E-state index contributed by atoms with van der Waals surface area (Å²) in [5, 5.41) is 3.33. The fraction of sp³-hybridized carbons (Fsp3) is 0.562. The number of nitrogens with one attached hydrogen (secondary N) is 1. The monoisotopic (exact) mass is 276 g/mol. The van der Waals surface area contributed by atoms with Gasteiger partial charge in [-0.1, -0.05) is 19.1 Å². The van der Waals surface area contributed by atoms with Gasteiger partial charge >= 0.3 is 0 Å². The summed E-state index contributed by atoms with van der Waals surface area (Å²) in [4.78, 5) is 14.7. The highest BCUT2D eigenvalue weighted by molar-refractivity contribution is 5.99. The third-order valence-electron chi connectivity index (χ3n) is 3.59. The van der Waals surface area contributed by atoms with Crippen LogP contribution in [0.25, 0.3) is 0 Å². The number of benzene rings is 1. The Morgan fingerprint density at radius 1 is 1.40 bits per heavy atom. The van der Waals surface area contributed by atoms with Crippen LogP contribution < -0.4 is 5.32 Å². The van der Waals surface area contributed by atoms with Crippen LogP contribution in [0.1, 0.15) is 37.6 Å². The first-order valence-electron chi connectivity index (χ1n) is 7.39. The fourth-order valence-corrected chi connectivity index (χ4v) is 2.42. The molecule has 1 aromatic carbocycles. The van der Waals surface area contributed by atoms with Crippen molar-refractivity contribution in [2.75, 3.05) is 25.0 Å². The van der Waals surface area contributed by atoms with Crippen LogP contribution in [0.5, 0.6) is 0 Å². The van der Waals surface area contributed by atoms with Crippen molar-refractivity contribution in [3.63, 3.8) is 0 Å². The zero-order chi connectivity index (χ0) is 14.5. The molecule has 2 rings (SSSR count). The van der Waals surface area contributed by atoms with Crippen molar-refractivity contribution >= 4 is 11.6 Å². The quantitative estimate of drug-likeness (QED) is 0.919. The lowest BCUT2D eigenvalue weighted by Gasteiger charge is -2.37. The number of rotatable bonds is 4. The summed E-state index contributed by atoms with van der Waals surface area (Å²) < 4.78 is 5.59. The van der Waals surface area contributed by atoms with E-state index in [1.807, 2.05) is 43.0 Å². The third kappa shape index (κ3) is 3.31. The first-order chi connectivity index (χ1) is 9.63. The molecule has 4 nitrogen and oxygen atoms in total. The van der Waals surface area contributed by atoms with Crippen LogP contribution in [0.4, 0.5) is 5.69 Å². The van der Waals surface area contributed by atoms with Crippen molar-refractivity contribution in [3.8, 4) is 0 Å². The molecule has 2 unspecified atom stereocenters. The summed E-state index contributed by atoms with van der Waals surface area (Å²) in [7, 11) is 0. The van der Waals surface area contributed by atoms with Gasteiger partial charge in [-0.25, -0.2) is 0 Å². The molecule has 0 bridgehead atoms. The largest absolute Gasteiger partial charge is 0.384 e. The van der Waals surface area contributed by atoms with Gasteiger partial charge in [0.15, 0.2) is 0 Å². The van der Waals surface area contributed by atoms with Crippen molar-refractivity contribution in [2.45, 2.75) is 39.3 Å². The molecular weight excluding hydrogens is 252 g/mol. The number of carbonyl (C=O) groups is 1. The summed E-state index contributed by atoms with van der Waals surface area (Å²) >= 11 is 0. The minimum Gasteiger partial charge on any atom is -0.384 e. The van der Waals surface area contributed by atoms with Crippen molar-refractivity contribution in [1.82, 2.24) is 4.90 Å². The van der Waals surface area contributed by atoms with Crippen molar-refractivity contribution in [3.05, 3.63) is 29.8 Å². The molecule has 0 saturated carbocycles. The number of ether oxygens (including phenoxy) is 1. The first-order valence-corrected chi connectivity index (χ1v) is 7.39. The number of nitrogens with zero attached hydrogens (tertiary/aromatic N) is 1. The number of morpholine rings is 1. The van der Waals surface area contributed by atoms with E-state index in [1.54, 1.807) is 0 Å². The van der Waals surface area contributed by atoms with Gasteiger partial charge in [-0.15, -0.1) is 0 Å². The molecule has 0 aliphatic carbocycles. The van der Waals surface area contributed by atoms with E-state index in [2.05, 4.69) is 12.2 Å². The van der Waals surface area contributed by atoms with E-state index in [-0.39, 0.29) is 18.1 Å². The van der Waals surface area contributed by atoms with E-state index in [0.717, 1.165) is 24.2 Å². The van der Waals surface area contributed by atoms with Crippen LogP contribution in [0.15, 0.2) is 24.3 Å². The molecular formula is C16H24N2O2. The SMILES string of the molecule is CCCNc1ccccc1C(=O)N1CC(C)OCC1C. The Bertz CT molecular complexity index is 462. The average Bonchev–Trinajstić information content (AvgIpc) is 2.47. The van der Waals surface area contributed by atoms with E-state index in [9.17, 15) is 4.79 Å². The van der Waals surface area contributed by atoms with Gasteiger partial charge in [-0.3, -0.25) is 4.79 Å². The molecule has 1 N–H and O–H groups in total. The molecule has 2 atom stereocenters. The zero-order valence-electron chi connectivity index (χ0n) is 12.6.